The number of carbonyl (C=O) groups is 1. The zero-order chi connectivity index (χ0) is 25.3. The maximum atomic E-state index is 13.1. The predicted molar refractivity (Wildman–Crippen MR) is 151 cm³/mol. The summed E-state index contributed by atoms with van der Waals surface area (Å²) in [5.74, 6) is 1.32. The van der Waals surface area contributed by atoms with Crippen LogP contribution in [0.3, 0.4) is 0 Å². The molecule has 0 saturated carbocycles. The number of anilines is 1. The highest BCUT2D eigenvalue weighted by Crippen LogP contribution is 2.22. The monoisotopic (exact) mass is 505 g/mol. The van der Waals surface area contributed by atoms with Gasteiger partial charge in [0.25, 0.3) is 5.91 Å². The highest BCUT2D eigenvalue weighted by atomic mass is 35.5. The van der Waals surface area contributed by atoms with Gasteiger partial charge in [-0.2, -0.15) is 0 Å². The minimum Gasteiger partial charge on any atom is -0.336 e. The second-order valence-corrected chi connectivity index (χ2v) is 10.1. The van der Waals surface area contributed by atoms with Gasteiger partial charge in [0.2, 0.25) is 5.96 Å². The molecule has 1 atom stereocenters. The van der Waals surface area contributed by atoms with Crippen molar-refractivity contribution in [1.29, 1.82) is 0 Å². The number of hydrogen-bond donors (Lipinski definition) is 1. The van der Waals surface area contributed by atoms with Crippen molar-refractivity contribution >= 4 is 41.1 Å². The van der Waals surface area contributed by atoms with E-state index in [0.29, 0.717) is 28.9 Å². The maximum absolute atomic E-state index is 13.1. The Balaban J connectivity index is 1.32. The summed E-state index contributed by atoms with van der Waals surface area (Å²) < 4.78 is 0. The smallest absolute Gasteiger partial charge is 0.253 e. The lowest BCUT2D eigenvalue weighted by Gasteiger charge is -2.36. The first-order valence-electron chi connectivity index (χ1n) is 13.0. The minimum atomic E-state index is 0.0954. The lowest BCUT2D eigenvalue weighted by Crippen LogP contribution is -2.49. The molecule has 6 nitrogen and oxygen atoms in total. The molecule has 0 aliphatic carbocycles. The van der Waals surface area contributed by atoms with Crippen molar-refractivity contribution in [2.75, 3.05) is 38.0 Å². The van der Waals surface area contributed by atoms with Gasteiger partial charge < -0.3 is 10.2 Å². The molecule has 0 radical (unpaired) electrons. The Labute approximate surface area is 219 Å². The molecule has 7 heteroatoms. The van der Waals surface area contributed by atoms with Gasteiger partial charge in [-0.25, -0.2) is 9.98 Å². The van der Waals surface area contributed by atoms with E-state index in [9.17, 15) is 4.79 Å². The fourth-order valence-electron chi connectivity index (χ4n) is 4.58. The van der Waals surface area contributed by atoms with E-state index in [4.69, 9.17) is 16.6 Å². The topological polar surface area (TPSA) is 60.3 Å². The quantitative estimate of drug-likeness (QED) is 0.464. The van der Waals surface area contributed by atoms with Crippen molar-refractivity contribution in [3.63, 3.8) is 0 Å². The number of allylic oxidation sites excluding steroid dienone is 1. The lowest BCUT2D eigenvalue weighted by atomic mass is 10.0. The molecular formula is C29H36ClN5O. The first kappa shape index (κ1) is 26.1. The summed E-state index contributed by atoms with van der Waals surface area (Å²) in [6.45, 7) is 9.17. The number of benzene rings is 2. The second-order valence-electron chi connectivity index (χ2n) is 9.62. The molecule has 4 rings (SSSR count). The van der Waals surface area contributed by atoms with Crippen LogP contribution < -0.4 is 5.32 Å². The highest BCUT2D eigenvalue weighted by Gasteiger charge is 2.23. The Morgan fingerprint density at radius 1 is 1.06 bits per heavy atom. The van der Waals surface area contributed by atoms with Crippen LogP contribution in [0, 0.1) is 5.92 Å². The van der Waals surface area contributed by atoms with Gasteiger partial charge >= 0.3 is 0 Å². The van der Waals surface area contributed by atoms with Crippen LogP contribution in [0.25, 0.3) is 5.70 Å². The molecule has 2 aliphatic rings. The fourth-order valence-corrected chi connectivity index (χ4v) is 4.71. The fraction of sp³-hybridized carbons (Fsp3) is 0.414. The molecule has 1 N–H and O–H groups in total. The molecule has 190 valence electrons. The summed E-state index contributed by atoms with van der Waals surface area (Å²) in [4.78, 5) is 26.7. The number of nitrogens with zero attached hydrogens (tertiary/aromatic N) is 4. The molecular weight excluding hydrogens is 470 g/mol. The molecule has 36 heavy (non-hydrogen) atoms. The number of nitrogens with one attached hydrogen (secondary N) is 1. The van der Waals surface area contributed by atoms with Crippen molar-refractivity contribution in [2.24, 2.45) is 15.9 Å². The predicted octanol–water partition coefficient (Wildman–Crippen LogP) is 6.21. The van der Waals surface area contributed by atoms with Gasteiger partial charge in [-0.05, 0) is 48.7 Å². The number of amides is 1. The molecule has 0 aromatic heterocycles. The van der Waals surface area contributed by atoms with E-state index in [1.807, 2.05) is 65.7 Å². The van der Waals surface area contributed by atoms with E-state index in [1.165, 1.54) is 19.3 Å². The SMILES string of the molecule is CCCCC(C)CN1CCN(C(=O)c2ccc(NC3=NC(c4ccc(Cl)cc4)=CCC=N3)cc2)CC1. The van der Waals surface area contributed by atoms with Gasteiger partial charge in [0.05, 0.1) is 5.70 Å². The van der Waals surface area contributed by atoms with E-state index >= 15 is 0 Å². The summed E-state index contributed by atoms with van der Waals surface area (Å²) in [5, 5.41) is 3.96. The molecule has 2 aromatic carbocycles. The van der Waals surface area contributed by atoms with E-state index in [2.05, 4.69) is 29.1 Å². The molecule has 1 amide bonds. The standard InChI is InChI=1S/C29H36ClN5O/c1-3-4-6-22(2)21-34-17-19-35(20-18-34)28(36)24-10-14-26(15-11-24)32-29-31-16-5-7-27(33-29)23-8-12-25(30)13-9-23/h7-16,22H,3-6,17-21H2,1-2H3,(H,32,33). The molecule has 1 fully saturated rings. The van der Waals surface area contributed by atoms with Crippen LogP contribution >= 0.6 is 11.6 Å². The molecule has 2 heterocycles. The Hall–Kier alpha value is -2.96. The van der Waals surface area contributed by atoms with Crippen LogP contribution in [-0.2, 0) is 0 Å². The van der Waals surface area contributed by atoms with E-state index in [1.54, 1.807) is 0 Å². The lowest BCUT2D eigenvalue weighted by molar-refractivity contribution is 0.0618. The summed E-state index contributed by atoms with van der Waals surface area (Å²) in [6, 6.07) is 15.2. The third kappa shape index (κ3) is 7.28. The molecule has 0 bridgehead atoms. The van der Waals surface area contributed by atoms with Crippen molar-refractivity contribution in [3.05, 3.63) is 70.8 Å². The zero-order valence-corrected chi connectivity index (χ0v) is 22.0. The Bertz CT molecular complexity index is 1100. The zero-order valence-electron chi connectivity index (χ0n) is 21.3. The molecule has 1 saturated heterocycles. The van der Waals surface area contributed by atoms with Gasteiger partial charge in [0.15, 0.2) is 0 Å². The van der Waals surface area contributed by atoms with Crippen LogP contribution in [0.1, 0.15) is 55.5 Å². The number of aliphatic imine (C=N–C) groups is 2. The number of carbonyl (C=O) groups excluding carboxylic acids is 1. The van der Waals surface area contributed by atoms with E-state index < -0.39 is 0 Å². The van der Waals surface area contributed by atoms with Crippen molar-refractivity contribution < 1.29 is 4.79 Å². The maximum Gasteiger partial charge on any atom is 0.253 e. The van der Waals surface area contributed by atoms with Crippen molar-refractivity contribution in [1.82, 2.24) is 9.80 Å². The number of rotatable bonds is 8. The Kier molecular flexibility index (Phi) is 9.31. The first-order chi connectivity index (χ1) is 17.5. The summed E-state index contributed by atoms with van der Waals surface area (Å²) in [6.07, 6.45) is 8.40. The number of hydrogen-bond acceptors (Lipinski definition) is 5. The number of unbranched alkanes of at least 4 members (excludes halogenated alkanes) is 1. The average molecular weight is 506 g/mol. The van der Waals surface area contributed by atoms with E-state index in [0.717, 1.165) is 49.7 Å². The number of halogens is 1. The average Bonchev–Trinajstić information content (AvgIpc) is 3.14. The van der Waals surface area contributed by atoms with Gasteiger partial charge in [0.1, 0.15) is 0 Å². The van der Waals surface area contributed by atoms with Crippen LogP contribution in [0.5, 0.6) is 0 Å². The van der Waals surface area contributed by atoms with E-state index in [-0.39, 0.29) is 5.91 Å². The summed E-state index contributed by atoms with van der Waals surface area (Å²) in [5.41, 5.74) is 3.38. The molecule has 1 unspecified atom stereocenters. The van der Waals surface area contributed by atoms with Crippen LogP contribution in [0.15, 0.2) is 64.6 Å². The Morgan fingerprint density at radius 3 is 2.47 bits per heavy atom. The third-order valence-electron chi connectivity index (χ3n) is 6.66. The van der Waals surface area contributed by atoms with Crippen LogP contribution in [0.2, 0.25) is 5.02 Å². The molecule has 2 aromatic rings. The molecule has 0 spiro atoms. The normalized spacial score (nSPS) is 17.2. The van der Waals surface area contributed by atoms with Crippen LogP contribution in [-0.4, -0.2) is 60.6 Å². The third-order valence-corrected chi connectivity index (χ3v) is 6.92. The Morgan fingerprint density at radius 2 is 1.78 bits per heavy atom. The van der Waals surface area contributed by atoms with Gasteiger partial charge in [-0.1, -0.05) is 56.5 Å². The van der Waals surface area contributed by atoms with Crippen molar-refractivity contribution in [2.45, 2.75) is 39.5 Å². The largest absolute Gasteiger partial charge is 0.336 e. The summed E-state index contributed by atoms with van der Waals surface area (Å²) in [7, 11) is 0. The number of piperazine rings is 1. The van der Waals surface area contributed by atoms with Gasteiger partial charge in [-0.15, -0.1) is 0 Å². The summed E-state index contributed by atoms with van der Waals surface area (Å²) >= 11 is 6.02. The first-order valence-corrected chi connectivity index (χ1v) is 13.4. The molecule has 2 aliphatic heterocycles. The van der Waals surface area contributed by atoms with Crippen LogP contribution in [0.4, 0.5) is 5.69 Å². The van der Waals surface area contributed by atoms with Gasteiger partial charge in [0, 0.05) is 67.2 Å². The number of guanidine groups is 1. The van der Waals surface area contributed by atoms with Gasteiger partial charge in [-0.3, -0.25) is 9.69 Å². The van der Waals surface area contributed by atoms with Crippen molar-refractivity contribution in [3.8, 4) is 0 Å². The second kappa shape index (κ2) is 12.8. The minimum absolute atomic E-state index is 0.0954. The highest BCUT2D eigenvalue weighted by molar-refractivity contribution is 6.30.